The fourth-order valence-corrected chi connectivity index (χ4v) is 2.88. The summed E-state index contributed by atoms with van der Waals surface area (Å²) >= 11 is 0. The Morgan fingerprint density at radius 3 is 2.03 bits per heavy atom. The van der Waals surface area contributed by atoms with Crippen LogP contribution in [-0.4, -0.2) is 46.5 Å². The number of fused-ring (bicyclic) bond motifs is 1. The van der Waals surface area contributed by atoms with Gasteiger partial charge < -0.3 is 23.7 Å². The number of benzene rings is 2. The molecular weight excluding hydrogens is 390 g/mol. The summed E-state index contributed by atoms with van der Waals surface area (Å²) in [6, 6.07) is 10.1. The average molecular weight is 411 g/mol. The van der Waals surface area contributed by atoms with Crippen molar-refractivity contribution in [3.63, 3.8) is 0 Å². The first-order valence-electron chi connectivity index (χ1n) is 8.84. The standard InChI is InChI=1S/C21H21N3O6/c1-26-16-9-8-14(13-6-7-15(21(25)30-5)22-19(13)16)24-23-12-10-17(27-2)20(29-4)18(11-12)28-3/h6-11H,1-5H3/b24-23+. The molecule has 3 aromatic rings. The maximum Gasteiger partial charge on any atom is 0.356 e. The van der Waals surface area contributed by atoms with E-state index in [9.17, 15) is 4.79 Å². The molecule has 30 heavy (non-hydrogen) atoms. The van der Waals surface area contributed by atoms with Crippen LogP contribution in [0.2, 0.25) is 0 Å². The number of hydrogen-bond acceptors (Lipinski definition) is 9. The summed E-state index contributed by atoms with van der Waals surface area (Å²) in [6.07, 6.45) is 0. The maximum absolute atomic E-state index is 11.8. The Kier molecular flexibility index (Phi) is 6.31. The first-order valence-corrected chi connectivity index (χ1v) is 8.84. The van der Waals surface area contributed by atoms with Crippen molar-refractivity contribution in [1.82, 2.24) is 4.98 Å². The Bertz CT molecular complexity index is 1090. The lowest BCUT2D eigenvalue weighted by atomic mass is 10.1. The van der Waals surface area contributed by atoms with Gasteiger partial charge in [-0.25, -0.2) is 9.78 Å². The summed E-state index contributed by atoms with van der Waals surface area (Å²) in [5, 5.41) is 9.31. The van der Waals surface area contributed by atoms with Crippen LogP contribution < -0.4 is 18.9 Å². The quantitative estimate of drug-likeness (QED) is 0.417. The van der Waals surface area contributed by atoms with Crippen LogP contribution >= 0.6 is 0 Å². The normalized spacial score (nSPS) is 10.8. The largest absolute Gasteiger partial charge is 0.494 e. The average Bonchev–Trinajstić information content (AvgIpc) is 2.80. The number of esters is 1. The molecule has 1 aromatic heterocycles. The minimum atomic E-state index is -0.539. The van der Waals surface area contributed by atoms with Gasteiger partial charge in [0.2, 0.25) is 5.75 Å². The molecule has 9 nitrogen and oxygen atoms in total. The van der Waals surface area contributed by atoms with Crippen molar-refractivity contribution >= 4 is 28.2 Å². The van der Waals surface area contributed by atoms with Crippen LogP contribution in [0.4, 0.5) is 11.4 Å². The van der Waals surface area contributed by atoms with E-state index in [1.54, 1.807) is 36.4 Å². The van der Waals surface area contributed by atoms with Crippen LogP contribution in [0.25, 0.3) is 10.9 Å². The van der Waals surface area contributed by atoms with Gasteiger partial charge in [-0.3, -0.25) is 0 Å². The summed E-state index contributed by atoms with van der Waals surface area (Å²) in [6.45, 7) is 0. The topological polar surface area (TPSA) is 101 Å². The lowest BCUT2D eigenvalue weighted by Gasteiger charge is -2.12. The number of pyridine rings is 1. The van der Waals surface area contributed by atoms with E-state index in [0.717, 1.165) is 0 Å². The molecule has 9 heteroatoms. The molecule has 2 aromatic carbocycles. The Hall–Kier alpha value is -3.88. The zero-order chi connectivity index (χ0) is 21.7. The summed E-state index contributed by atoms with van der Waals surface area (Å²) in [4.78, 5) is 16.2. The maximum atomic E-state index is 11.8. The number of carbonyl (C=O) groups excluding carboxylic acids is 1. The Labute approximate surface area is 173 Å². The van der Waals surface area contributed by atoms with Crippen LogP contribution in [-0.2, 0) is 4.74 Å². The zero-order valence-electron chi connectivity index (χ0n) is 17.3. The monoisotopic (exact) mass is 411 g/mol. The predicted octanol–water partition coefficient (Wildman–Crippen LogP) is 4.47. The van der Waals surface area contributed by atoms with Crippen molar-refractivity contribution in [2.45, 2.75) is 0 Å². The fourth-order valence-electron chi connectivity index (χ4n) is 2.88. The summed E-state index contributed by atoms with van der Waals surface area (Å²) in [7, 11) is 7.41. The van der Waals surface area contributed by atoms with Gasteiger partial charge in [0.15, 0.2) is 11.5 Å². The van der Waals surface area contributed by atoms with Gasteiger partial charge in [-0.15, -0.1) is 5.11 Å². The van der Waals surface area contributed by atoms with Crippen LogP contribution in [0, 0.1) is 0 Å². The number of azo groups is 1. The summed E-state index contributed by atoms with van der Waals surface area (Å²) in [5.74, 6) is 1.36. The molecule has 0 N–H and O–H groups in total. The van der Waals surface area contributed by atoms with Crippen LogP contribution in [0.15, 0.2) is 46.6 Å². The molecular formula is C21H21N3O6. The van der Waals surface area contributed by atoms with E-state index in [1.807, 2.05) is 0 Å². The van der Waals surface area contributed by atoms with Crippen molar-refractivity contribution in [3.8, 4) is 23.0 Å². The van der Waals surface area contributed by atoms with Gasteiger partial charge in [-0.2, -0.15) is 5.11 Å². The van der Waals surface area contributed by atoms with Gasteiger partial charge in [0.05, 0.1) is 46.9 Å². The Morgan fingerprint density at radius 2 is 1.47 bits per heavy atom. The van der Waals surface area contributed by atoms with E-state index in [2.05, 4.69) is 15.2 Å². The van der Waals surface area contributed by atoms with Crippen LogP contribution in [0.5, 0.6) is 23.0 Å². The van der Waals surface area contributed by atoms with Crippen molar-refractivity contribution in [1.29, 1.82) is 0 Å². The third kappa shape index (κ3) is 3.95. The van der Waals surface area contributed by atoms with Crippen LogP contribution in [0.3, 0.4) is 0 Å². The molecule has 0 saturated carbocycles. The van der Waals surface area contributed by atoms with E-state index in [4.69, 9.17) is 23.7 Å². The van der Waals surface area contributed by atoms with Crippen LogP contribution in [0.1, 0.15) is 10.5 Å². The highest BCUT2D eigenvalue weighted by Gasteiger charge is 2.15. The van der Waals surface area contributed by atoms with Crippen molar-refractivity contribution in [2.24, 2.45) is 10.2 Å². The molecule has 0 fully saturated rings. The molecule has 0 amide bonds. The third-order valence-electron chi connectivity index (χ3n) is 4.33. The number of rotatable bonds is 7. The second-order valence-corrected chi connectivity index (χ2v) is 5.95. The molecule has 0 unspecified atom stereocenters. The SMILES string of the molecule is COC(=O)c1ccc2c(/N=N/c3cc(OC)c(OC)c(OC)c3)ccc(OC)c2n1. The summed E-state index contributed by atoms with van der Waals surface area (Å²) < 4.78 is 26.1. The van der Waals surface area contributed by atoms with Crippen molar-refractivity contribution in [2.75, 3.05) is 35.5 Å². The van der Waals surface area contributed by atoms with Crippen molar-refractivity contribution < 1.29 is 28.5 Å². The Morgan fingerprint density at radius 1 is 0.800 bits per heavy atom. The van der Waals surface area contributed by atoms with Gasteiger partial charge in [-0.05, 0) is 24.3 Å². The van der Waals surface area contributed by atoms with Gasteiger partial charge in [-0.1, -0.05) is 0 Å². The number of carbonyl (C=O) groups is 1. The van der Waals surface area contributed by atoms with Gasteiger partial charge in [0.1, 0.15) is 17.0 Å². The molecule has 0 aliphatic carbocycles. The van der Waals surface area contributed by atoms with Gasteiger partial charge in [0.25, 0.3) is 0 Å². The van der Waals surface area contributed by atoms with Gasteiger partial charge in [0, 0.05) is 17.5 Å². The smallest absolute Gasteiger partial charge is 0.356 e. The molecule has 0 atom stereocenters. The molecule has 0 radical (unpaired) electrons. The lowest BCUT2D eigenvalue weighted by molar-refractivity contribution is 0.0594. The molecule has 156 valence electrons. The van der Waals surface area contributed by atoms with E-state index < -0.39 is 5.97 Å². The van der Waals surface area contributed by atoms with E-state index in [0.29, 0.717) is 45.3 Å². The number of hydrogen-bond donors (Lipinski definition) is 0. The highest BCUT2D eigenvalue weighted by molar-refractivity contribution is 5.97. The second-order valence-electron chi connectivity index (χ2n) is 5.95. The molecule has 0 aliphatic heterocycles. The van der Waals surface area contributed by atoms with Crippen molar-refractivity contribution in [3.05, 3.63) is 42.1 Å². The molecule has 0 aliphatic rings. The first kappa shape index (κ1) is 20.8. The number of ether oxygens (including phenoxy) is 5. The highest BCUT2D eigenvalue weighted by atomic mass is 16.5. The predicted molar refractivity (Wildman–Crippen MR) is 110 cm³/mol. The molecule has 3 rings (SSSR count). The first-order chi connectivity index (χ1) is 14.6. The Balaban J connectivity index is 2.08. The molecule has 0 saturated heterocycles. The van der Waals surface area contributed by atoms with Gasteiger partial charge >= 0.3 is 5.97 Å². The number of aromatic nitrogens is 1. The van der Waals surface area contributed by atoms with E-state index in [-0.39, 0.29) is 5.69 Å². The third-order valence-corrected chi connectivity index (χ3v) is 4.33. The van der Waals surface area contributed by atoms with E-state index in [1.165, 1.54) is 35.5 Å². The minimum absolute atomic E-state index is 0.169. The molecule has 1 heterocycles. The molecule has 0 bridgehead atoms. The fraction of sp³-hybridized carbons (Fsp3) is 0.238. The molecule has 0 spiro atoms. The summed E-state index contributed by atoms with van der Waals surface area (Å²) in [5.41, 5.74) is 1.69. The second kappa shape index (κ2) is 9.08. The number of nitrogens with zero attached hydrogens (tertiary/aromatic N) is 3. The highest BCUT2D eigenvalue weighted by Crippen LogP contribution is 2.41. The zero-order valence-corrected chi connectivity index (χ0v) is 17.3. The lowest BCUT2D eigenvalue weighted by Crippen LogP contribution is -2.04. The minimum Gasteiger partial charge on any atom is -0.494 e. The van der Waals surface area contributed by atoms with E-state index >= 15 is 0 Å². The number of methoxy groups -OCH3 is 5.